The molecule has 0 atom stereocenters. The Morgan fingerprint density at radius 3 is 2.83 bits per heavy atom. The van der Waals surface area contributed by atoms with Crippen LogP contribution in [-0.2, 0) is 16.0 Å². The molecule has 0 radical (unpaired) electrons. The van der Waals surface area contributed by atoms with Crippen LogP contribution in [-0.4, -0.2) is 23.3 Å². The van der Waals surface area contributed by atoms with Crippen molar-refractivity contribution < 1.29 is 9.59 Å². The zero-order valence-corrected chi connectivity index (χ0v) is 9.90. The number of nitrogens with two attached hydrogens (primary N) is 1. The fourth-order valence-electron chi connectivity index (χ4n) is 1.84. The topological polar surface area (TPSA) is 88.0 Å². The first-order chi connectivity index (χ1) is 8.66. The second-order valence-corrected chi connectivity index (χ2v) is 4.10. The fraction of sp³-hybridized carbons (Fsp3) is 0.231. The van der Waals surface area contributed by atoms with Gasteiger partial charge in [-0.1, -0.05) is 18.2 Å². The maximum Gasteiger partial charge on any atom is 0.224 e. The number of primary amides is 1. The second-order valence-electron chi connectivity index (χ2n) is 4.10. The van der Waals surface area contributed by atoms with Gasteiger partial charge in [-0.05, 0) is 11.6 Å². The molecule has 0 aliphatic carbocycles. The van der Waals surface area contributed by atoms with E-state index in [1.54, 1.807) is 0 Å². The average Bonchev–Trinajstić information content (AvgIpc) is 2.72. The molecule has 0 unspecified atom stereocenters. The standard InChI is InChI=1S/C13H15N3O2/c14-12(17)5-6-15-13(18)7-9-8-16-11-4-2-1-3-10(9)11/h1-4,8,16H,5-7H2,(H2,14,17)(H,15,18). The van der Waals surface area contributed by atoms with Crippen molar-refractivity contribution >= 4 is 22.7 Å². The van der Waals surface area contributed by atoms with Gasteiger partial charge in [0.15, 0.2) is 0 Å². The Kier molecular flexibility index (Phi) is 3.62. The van der Waals surface area contributed by atoms with Gasteiger partial charge in [-0.2, -0.15) is 0 Å². The predicted octanol–water partition coefficient (Wildman–Crippen LogP) is 0.702. The second kappa shape index (κ2) is 5.35. The Balaban J connectivity index is 1.97. The molecule has 0 bridgehead atoms. The van der Waals surface area contributed by atoms with Crippen LogP contribution < -0.4 is 11.1 Å². The number of hydrogen-bond acceptors (Lipinski definition) is 2. The van der Waals surface area contributed by atoms with Gasteiger partial charge in [0.1, 0.15) is 0 Å². The number of H-pyrrole nitrogens is 1. The Morgan fingerprint density at radius 2 is 2.06 bits per heavy atom. The number of nitrogens with one attached hydrogen (secondary N) is 2. The monoisotopic (exact) mass is 245 g/mol. The van der Waals surface area contributed by atoms with Crippen LogP contribution in [0.1, 0.15) is 12.0 Å². The molecule has 0 saturated heterocycles. The van der Waals surface area contributed by atoms with E-state index in [2.05, 4.69) is 10.3 Å². The SMILES string of the molecule is NC(=O)CCNC(=O)Cc1c[nH]c2ccccc12. The van der Waals surface area contributed by atoms with Crippen molar-refractivity contribution in [3.05, 3.63) is 36.0 Å². The zero-order valence-electron chi connectivity index (χ0n) is 9.90. The molecular formula is C13H15N3O2. The van der Waals surface area contributed by atoms with Crippen LogP contribution in [0, 0.1) is 0 Å². The molecule has 0 fully saturated rings. The van der Waals surface area contributed by atoms with Gasteiger partial charge in [0.2, 0.25) is 11.8 Å². The lowest BCUT2D eigenvalue weighted by molar-refractivity contribution is -0.120. The van der Waals surface area contributed by atoms with E-state index < -0.39 is 5.91 Å². The number of rotatable bonds is 5. The van der Waals surface area contributed by atoms with E-state index in [4.69, 9.17) is 5.73 Å². The summed E-state index contributed by atoms with van der Waals surface area (Å²) in [6.07, 6.45) is 2.29. The molecule has 1 aromatic heterocycles. The summed E-state index contributed by atoms with van der Waals surface area (Å²) in [5, 5.41) is 3.71. The molecule has 5 nitrogen and oxygen atoms in total. The summed E-state index contributed by atoms with van der Waals surface area (Å²) in [6, 6.07) is 7.81. The van der Waals surface area contributed by atoms with Crippen molar-refractivity contribution in [1.82, 2.24) is 10.3 Å². The molecule has 2 rings (SSSR count). The highest BCUT2D eigenvalue weighted by Crippen LogP contribution is 2.17. The number of benzene rings is 1. The number of carbonyl (C=O) groups excluding carboxylic acids is 2. The molecule has 1 aromatic carbocycles. The minimum Gasteiger partial charge on any atom is -0.370 e. The normalized spacial score (nSPS) is 10.4. The quantitative estimate of drug-likeness (QED) is 0.724. The van der Waals surface area contributed by atoms with E-state index in [0.717, 1.165) is 16.5 Å². The van der Waals surface area contributed by atoms with Gasteiger partial charge in [-0.25, -0.2) is 0 Å². The van der Waals surface area contributed by atoms with Crippen molar-refractivity contribution in [2.45, 2.75) is 12.8 Å². The minimum absolute atomic E-state index is 0.110. The molecule has 0 saturated carbocycles. The molecule has 94 valence electrons. The number of carbonyl (C=O) groups is 2. The Morgan fingerprint density at radius 1 is 1.28 bits per heavy atom. The molecule has 0 aliphatic rings. The lowest BCUT2D eigenvalue weighted by Gasteiger charge is -2.02. The van der Waals surface area contributed by atoms with E-state index in [1.807, 2.05) is 30.5 Å². The molecule has 0 spiro atoms. The van der Waals surface area contributed by atoms with E-state index in [9.17, 15) is 9.59 Å². The van der Waals surface area contributed by atoms with Crippen LogP contribution in [0.2, 0.25) is 0 Å². The van der Waals surface area contributed by atoms with E-state index in [0.29, 0.717) is 6.42 Å². The lowest BCUT2D eigenvalue weighted by atomic mass is 10.1. The highest BCUT2D eigenvalue weighted by Gasteiger charge is 2.08. The highest BCUT2D eigenvalue weighted by atomic mass is 16.2. The van der Waals surface area contributed by atoms with Crippen molar-refractivity contribution in [3.63, 3.8) is 0 Å². The number of para-hydroxylation sites is 1. The molecule has 2 aromatic rings. The van der Waals surface area contributed by atoms with Crippen LogP contribution in [0.4, 0.5) is 0 Å². The Hall–Kier alpha value is -2.30. The minimum atomic E-state index is -0.414. The Labute approximate surface area is 104 Å². The molecule has 5 heteroatoms. The zero-order chi connectivity index (χ0) is 13.0. The fourth-order valence-corrected chi connectivity index (χ4v) is 1.84. The highest BCUT2D eigenvalue weighted by molar-refractivity contribution is 5.89. The van der Waals surface area contributed by atoms with Gasteiger partial charge >= 0.3 is 0 Å². The first-order valence-corrected chi connectivity index (χ1v) is 5.77. The number of amides is 2. The van der Waals surface area contributed by atoms with Crippen LogP contribution in [0.3, 0.4) is 0 Å². The first kappa shape index (κ1) is 12.2. The third-order valence-corrected chi connectivity index (χ3v) is 2.72. The number of aromatic nitrogens is 1. The first-order valence-electron chi connectivity index (χ1n) is 5.77. The van der Waals surface area contributed by atoms with E-state index >= 15 is 0 Å². The molecule has 2 amide bonds. The summed E-state index contributed by atoms with van der Waals surface area (Å²) in [7, 11) is 0. The van der Waals surface area contributed by atoms with Gasteiger partial charge in [0.25, 0.3) is 0 Å². The van der Waals surface area contributed by atoms with Gasteiger partial charge in [0.05, 0.1) is 6.42 Å². The van der Waals surface area contributed by atoms with Crippen LogP contribution in [0.5, 0.6) is 0 Å². The molecule has 18 heavy (non-hydrogen) atoms. The number of fused-ring (bicyclic) bond motifs is 1. The summed E-state index contributed by atoms with van der Waals surface area (Å²) in [5.41, 5.74) is 6.95. The summed E-state index contributed by atoms with van der Waals surface area (Å²) in [6.45, 7) is 0.288. The van der Waals surface area contributed by atoms with Crippen molar-refractivity contribution in [1.29, 1.82) is 0 Å². The third-order valence-electron chi connectivity index (χ3n) is 2.72. The molecule has 0 aliphatic heterocycles. The van der Waals surface area contributed by atoms with Crippen LogP contribution >= 0.6 is 0 Å². The third kappa shape index (κ3) is 2.88. The molecule has 1 heterocycles. The van der Waals surface area contributed by atoms with Crippen LogP contribution in [0.25, 0.3) is 10.9 Å². The van der Waals surface area contributed by atoms with Gasteiger partial charge < -0.3 is 16.0 Å². The summed E-state index contributed by atoms with van der Waals surface area (Å²) in [4.78, 5) is 25.3. The summed E-state index contributed by atoms with van der Waals surface area (Å²) >= 11 is 0. The Bertz CT molecular complexity index is 574. The number of hydrogen-bond donors (Lipinski definition) is 3. The van der Waals surface area contributed by atoms with Crippen LogP contribution in [0.15, 0.2) is 30.5 Å². The van der Waals surface area contributed by atoms with E-state index in [-0.39, 0.29) is 18.9 Å². The van der Waals surface area contributed by atoms with Gasteiger partial charge in [-0.3, -0.25) is 9.59 Å². The lowest BCUT2D eigenvalue weighted by Crippen LogP contribution is -2.29. The average molecular weight is 245 g/mol. The van der Waals surface area contributed by atoms with E-state index in [1.165, 1.54) is 0 Å². The summed E-state index contributed by atoms with van der Waals surface area (Å²) < 4.78 is 0. The van der Waals surface area contributed by atoms with Crippen molar-refractivity contribution in [3.8, 4) is 0 Å². The summed E-state index contributed by atoms with van der Waals surface area (Å²) in [5.74, 6) is -0.525. The maximum atomic E-state index is 11.7. The van der Waals surface area contributed by atoms with Gasteiger partial charge in [-0.15, -0.1) is 0 Å². The maximum absolute atomic E-state index is 11.7. The number of aromatic amines is 1. The smallest absolute Gasteiger partial charge is 0.224 e. The van der Waals surface area contributed by atoms with Gasteiger partial charge in [0, 0.05) is 30.1 Å². The predicted molar refractivity (Wildman–Crippen MR) is 68.8 cm³/mol. The molecule has 4 N–H and O–H groups in total. The largest absolute Gasteiger partial charge is 0.370 e. The van der Waals surface area contributed by atoms with Crippen molar-refractivity contribution in [2.75, 3.05) is 6.54 Å². The molecular weight excluding hydrogens is 230 g/mol. The van der Waals surface area contributed by atoms with Crippen molar-refractivity contribution in [2.24, 2.45) is 5.73 Å².